The minimum Gasteiger partial charge on any atom is -0.369 e. The highest BCUT2D eigenvalue weighted by molar-refractivity contribution is 6.01. The molecule has 0 saturated carbocycles. The second-order valence-electron chi connectivity index (χ2n) is 12.6. The predicted octanol–water partition coefficient (Wildman–Crippen LogP) is 4.31. The standard InChI is InChI=1S/C31H38N6O3/c1-31(2,3)24(15-27(38)26-13-20-9-5-6-10-25(20)34-26)29(39)36-18-22-14-21(36)19-37(22)30(40)28-32-16-23(17-33-28)35-11-7-4-8-12-35/h5-6,9-10,13,16-17,21-22,24,34H,4,7-8,11-12,14-15,18-19H2,1-3H3/t21-,22-,24+/m0/s1. The van der Waals surface area contributed by atoms with Crippen LogP contribution in [0.2, 0.25) is 0 Å². The Morgan fingerprint density at radius 1 is 0.975 bits per heavy atom. The number of anilines is 1. The number of hydrogen-bond acceptors (Lipinski definition) is 6. The fourth-order valence-electron chi connectivity index (χ4n) is 6.54. The van der Waals surface area contributed by atoms with Gasteiger partial charge in [-0.05, 0) is 43.2 Å². The largest absolute Gasteiger partial charge is 0.369 e. The van der Waals surface area contributed by atoms with Crippen LogP contribution in [0.3, 0.4) is 0 Å². The molecule has 2 amide bonds. The summed E-state index contributed by atoms with van der Waals surface area (Å²) < 4.78 is 0. The first-order chi connectivity index (χ1) is 19.2. The van der Waals surface area contributed by atoms with Crippen molar-refractivity contribution >= 4 is 34.2 Å². The van der Waals surface area contributed by atoms with Gasteiger partial charge in [0.25, 0.3) is 5.91 Å². The number of benzene rings is 1. The Hall–Kier alpha value is -3.75. The summed E-state index contributed by atoms with van der Waals surface area (Å²) in [5.74, 6) is -0.483. The van der Waals surface area contributed by atoms with E-state index in [1.54, 1.807) is 12.4 Å². The van der Waals surface area contributed by atoms with Crippen molar-refractivity contribution in [3.63, 3.8) is 0 Å². The van der Waals surface area contributed by atoms with Crippen molar-refractivity contribution in [2.24, 2.45) is 11.3 Å². The van der Waals surface area contributed by atoms with E-state index in [-0.39, 0.29) is 47.3 Å². The Bertz CT molecular complexity index is 1390. The zero-order chi connectivity index (χ0) is 28.0. The molecule has 0 radical (unpaired) electrons. The van der Waals surface area contributed by atoms with Gasteiger partial charge in [-0.25, -0.2) is 9.97 Å². The molecule has 0 aliphatic carbocycles. The van der Waals surface area contributed by atoms with Gasteiger partial charge in [-0.2, -0.15) is 0 Å². The number of nitrogens with zero attached hydrogens (tertiary/aromatic N) is 5. The third-order valence-electron chi connectivity index (χ3n) is 8.90. The third-order valence-corrected chi connectivity index (χ3v) is 8.90. The lowest BCUT2D eigenvalue weighted by Crippen LogP contribution is -2.53. The summed E-state index contributed by atoms with van der Waals surface area (Å²) >= 11 is 0. The maximum atomic E-state index is 13.9. The number of piperazine rings is 1. The van der Waals surface area contributed by atoms with Crippen LogP contribution in [0.15, 0.2) is 42.7 Å². The first-order valence-corrected chi connectivity index (χ1v) is 14.5. The maximum Gasteiger partial charge on any atom is 0.292 e. The van der Waals surface area contributed by atoms with Crippen molar-refractivity contribution in [1.29, 1.82) is 0 Å². The molecular formula is C31H38N6O3. The normalized spacial score (nSPS) is 21.7. The van der Waals surface area contributed by atoms with Crippen LogP contribution in [0.1, 0.15) is 74.0 Å². The van der Waals surface area contributed by atoms with Crippen LogP contribution in [-0.4, -0.2) is 80.6 Å². The molecule has 9 heteroatoms. The molecule has 3 aliphatic rings. The fraction of sp³-hybridized carbons (Fsp3) is 0.516. The van der Waals surface area contributed by atoms with Crippen LogP contribution in [-0.2, 0) is 4.79 Å². The van der Waals surface area contributed by atoms with Crippen LogP contribution in [0.5, 0.6) is 0 Å². The number of hydrogen-bond donors (Lipinski definition) is 1. The van der Waals surface area contributed by atoms with E-state index in [4.69, 9.17) is 0 Å². The van der Waals surface area contributed by atoms with E-state index < -0.39 is 5.92 Å². The average Bonchev–Trinajstić information content (AvgIpc) is 3.69. The number of amides is 2. The van der Waals surface area contributed by atoms with Crippen molar-refractivity contribution in [2.75, 3.05) is 31.1 Å². The SMILES string of the molecule is CC(C)(C)[C@H](CC(=O)c1cc2ccccc2[nH]1)C(=O)N1C[C@@H]2C[C@H]1CN2C(=O)c1ncc(N2CCCCC2)cn1. The summed E-state index contributed by atoms with van der Waals surface area (Å²) in [5, 5.41) is 0.983. The Morgan fingerprint density at radius 2 is 1.65 bits per heavy atom. The van der Waals surface area contributed by atoms with Gasteiger partial charge < -0.3 is 19.7 Å². The molecule has 9 nitrogen and oxygen atoms in total. The van der Waals surface area contributed by atoms with Gasteiger partial charge in [0.15, 0.2) is 5.78 Å². The van der Waals surface area contributed by atoms with Crippen molar-refractivity contribution in [3.05, 3.63) is 54.2 Å². The molecule has 1 aromatic carbocycles. The summed E-state index contributed by atoms with van der Waals surface area (Å²) in [6.07, 6.45) is 7.99. The number of aromatic nitrogens is 3. The van der Waals surface area contributed by atoms with Gasteiger partial charge in [0, 0.05) is 43.5 Å². The highest BCUT2D eigenvalue weighted by Gasteiger charge is 2.50. The number of rotatable bonds is 6. The lowest BCUT2D eigenvalue weighted by atomic mass is 9.76. The van der Waals surface area contributed by atoms with Crippen molar-refractivity contribution in [1.82, 2.24) is 24.8 Å². The molecule has 3 atom stereocenters. The number of Topliss-reactive ketones (excluding diaryl/α,β-unsaturated/α-hetero) is 1. The molecule has 2 aromatic heterocycles. The average molecular weight is 543 g/mol. The Labute approximate surface area is 234 Å². The number of aromatic amines is 1. The van der Waals surface area contributed by atoms with Gasteiger partial charge in [0.2, 0.25) is 11.7 Å². The van der Waals surface area contributed by atoms with Crippen molar-refractivity contribution < 1.29 is 14.4 Å². The minimum atomic E-state index is -0.458. The summed E-state index contributed by atoms with van der Waals surface area (Å²) in [5.41, 5.74) is 2.02. The molecule has 40 heavy (non-hydrogen) atoms. The van der Waals surface area contributed by atoms with Gasteiger partial charge >= 0.3 is 0 Å². The Balaban J connectivity index is 1.11. The quantitative estimate of drug-likeness (QED) is 0.466. The van der Waals surface area contributed by atoms with E-state index in [0.29, 0.717) is 18.8 Å². The minimum absolute atomic E-state index is 0.00121. The highest BCUT2D eigenvalue weighted by atomic mass is 16.2. The zero-order valence-electron chi connectivity index (χ0n) is 23.6. The summed E-state index contributed by atoms with van der Waals surface area (Å²) in [6, 6.07) is 9.54. The Kier molecular flexibility index (Phi) is 6.84. The molecule has 3 aromatic rings. The second-order valence-corrected chi connectivity index (χ2v) is 12.6. The molecule has 2 bridgehead atoms. The van der Waals surface area contributed by atoms with Crippen LogP contribution in [0, 0.1) is 11.3 Å². The van der Waals surface area contributed by atoms with Crippen LogP contribution in [0.25, 0.3) is 10.9 Å². The second kappa shape index (κ2) is 10.3. The van der Waals surface area contributed by atoms with Gasteiger partial charge in [-0.3, -0.25) is 14.4 Å². The molecule has 0 spiro atoms. The lowest BCUT2D eigenvalue weighted by Gasteiger charge is -2.38. The molecule has 1 N–H and O–H groups in total. The molecular weight excluding hydrogens is 504 g/mol. The molecule has 3 saturated heterocycles. The van der Waals surface area contributed by atoms with Crippen LogP contribution >= 0.6 is 0 Å². The summed E-state index contributed by atoms with van der Waals surface area (Å²) in [7, 11) is 0. The van der Waals surface area contributed by atoms with E-state index in [2.05, 4.69) is 19.9 Å². The third kappa shape index (κ3) is 4.97. The topological polar surface area (TPSA) is 102 Å². The number of likely N-dealkylation sites (tertiary alicyclic amines) is 2. The number of para-hydroxylation sites is 1. The van der Waals surface area contributed by atoms with Gasteiger partial charge in [-0.1, -0.05) is 39.0 Å². The van der Waals surface area contributed by atoms with Crippen molar-refractivity contribution in [3.8, 4) is 0 Å². The lowest BCUT2D eigenvalue weighted by molar-refractivity contribution is -0.141. The number of carbonyl (C=O) groups excluding carboxylic acids is 3. The zero-order valence-corrected chi connectivity index (χ0v) is 23.6. The number of piperidine rings is 1. The van der Waals surface area contributed by atoms with E-state index in [0.717, 1.165) is 36.1 Å². The van der Waals surface area contributed by atoms with Gasteiger partial charge in [0.05, 0.1) is 41.8 Å². The first kappa shape index (κ1) is 26.5. The maximum absolute atomic E-state index is 13.9. The molecule has 3 aliphatic heterocycles. The molecule has 3 fully saturated rings. The van der Waals surface area contributed by atoms with Crippen LogP contribution < -0.4 is 4.90 Å². The number of carbonyl (C=O) groups is 3. The molecule has 6 rings (SSSR count). The predicted molar refractivity (Wildman–Crippen MR) is 153 cm³/mol. The smallest absolute Gasteiger partial charge is 0.292 e. The number of fused-ring (bicyclic) bond motifs is 3. The van der Waals surface area contributed by atoms with E-state index in [9.17, 15) is 14.4 Å². The molecule has 5 heterocycles. The number of ketones is 1. The van der Waals surface area contributed by atoms with E-state index in [1.165, 1.54) is 19.3 Å². The monoisotopic (exact) mass is 542 g/mol. The Morgan fingerprint density at radius 3 is 2.30 bits per heavy atom. The van der Waals surface area contributed by atoms with Crippen LogP contribution in [0.4, 0.5) is 5.69 Å². The summed E-state index contributed by atoms with van der Waals surface area (Å²) in [4.78, 5) is 58.5. The highest BCUT2D eigenvalue weighted by Crippen LogP contribution is 2.38. The van der Waals surface area contributed by atoms with E-state index in [1.807, 2.05) is 60.9 Å². The summed E-state index contributed by atoms with van der Waals surface area (Å²) in [6.45, 7) is 9.00. The molecule has 0 unspecified atom stereocenters. The number of nitrogens with one attached hydrogen (secondary N) is 1. The number of H-pyrrole nitrogens is 1. The van der Waals surface area contributed by atoms with E-state index >= 15 is 0 Å². The van der Waals surface area contributed by atoms with Gasteiger partial charge in [-0.15, -0.1) is 0 Å². The fourth-order valence-corrected chi connectivity index (χ4v) is 6.54. The van der Waals surface area contributed by atoms with Crippen molar-refractivity contribution in [2.45, 2.75) is 65.0 Å². The first-order valence-electron chi connectivity index (χ1n) is 14.5. The van der Waals surface area contributed by atoms with Gasteiger partial charge in [0.1, 0.15) is 0 Å². The molecule has 210 valence electrons.